The largest absolute Gasteiger partial charge is 0.125 e. The lowest BCUT2D eigenvalue weighted by Crippen LogP contribution is -1.89. The molecule has 0 aliphatic heterocycles. The smallest absolute Gasteiger partial charge is 0.101 e. The molecule has 0 aromatic heterocycles. The highest BCUT2D eigenvalue weighted by Crippen LogP contribution is 2.59. The molecule has 1 unspecified atom stereocenters. The average Bonchev–Trinajstić information content (AvgIpc) is 3.00. The van der Waals surface area contributed by atoms with Gasteiger partial charge in [0.2, 0.25) is 0 Å². The average molecular weight is 263 g/mol. The molecular weight excluding hydrogens is 251 g/mol. The van der Waals surface area contributed by atoms with Gasteiger partial charge in [-0.25, -0.2) is 0 Å². The molecular formula is C15H12Cl2. The second-order valence-corrected chi connectivity index (χ2v) is 6.05. The first kappa shape index (κ1) is 11.1. The summed E-state index contributed by atoms with van der Waals surface area (Å²) in [4.78, 5) is 0. The zero-order valence-corrected chi connectivity index (χ0v) is 10.7. The fraction of sp³-hybridized carbons (Fsp3) is 0.200. The van der Waals surface area contributed by atoms with Gasteiger partial charge in [-0.2, -0.15) is 0 Å². The third-order valence-corrected chi connectivity index (χ3v) is 4.08. The first-order valence-corrected chi connectivity index (χ1v) is 6.46. The van der Waals surface area contributed by atoms with Crippen molar-refractivity contribution in [2.45, 2.75) is 16.7 Å². The van der Waals surface area contributed by atoms with Crippen molar-refractivity contribution in [1.82, 2.24) is 0 Å². The molecule has 3 rings (SSSR count). The lowest BCUT2D eigenvalue weighted by atomic mass is 10.0. The van der Waals surface area contributed by atoms with E-state index >= 15 is 0 Å². The Hall–Kier alpha value is -0.980. The standard InChI is InChI=1S/C15H12Cl2/c16-15(17)10-14(15)13-8-6-12(7-9-13)11-4-2-1-3-5-11/h1-9,14H,10H2. The van der Waals surface area contributed by atoms with Crippen LogP contribution in [0.2, 0.25) is 0 Å². The number of halogens is 2. The Morgan fingerprint density at radius 2 is 1.35 bits per heavy atom. The summed E-state index contributed by atoms with van der Waals surface area (Å²) < 4.78 is -0.533. The van der Waals surface area contributed by atoms with E-state index in [2.05, 4.69) is 36.4 Å². The Morgan fingerprint density at radius 1 is 0.824 bits per heavy atom. The summed E-state index contributed by atoms with van der Waals surface area (Å²) in [5.74, 6) is 0.302. The van der Waals surface area contributed by atoms with Crippen LogP contribution in [-0.2, 0) is 0 Å². The number of hydrogen-bond donors (Lipinski definition) is 0. The van der Waals surface area contributed by atoms with Gasteiger partial charge in [-0.3, -0.25) is 0 Å². The van der Waals surface area contributed by atoms with Crippen molar-refractivity contribution in [2.24, 2.45) is 0 Å². The Kier molecular flexibility index (Phi) is 2.65. The van der Waals surface area contributed by atoms with Crippen molar-refractivity contribution >= 4 is 23.2 Å². The third kappa shape index (κ3) is 2.20. The van der Waals surface area contributed by atoms with Gasteiger partial charge in [0.25, 0.3) is 0 Å². The van der Waals surface area contributed by atoms with Gasteiger partial charge in [0.15, 0.2) is 0 Å². The fourth-order valence-electron chi connectivity index (χ4n) is 2.11. The monoisotopic (exact) mass is 262 g/mol. The summed E-state index contributed by atoms with van der Waals surface area (Å²) in [5, 5.41) is 0. The topological polar surface area (TPSA) is 0 Å². The number of rotatable bonds is 2. The Bertz CT molecular complexity index is 514. The summed E-state index contributed by atoms with van der Waals surface area (Å²) >= 11 is 12.1. The van der Waals surface area contributed by atoms with E-state index in [0.29, 0.717) is 5.92 Å². The molecule has 2 heteroatoms. The molecule has 0 nitrogen and oxygen atoms in total. The molecule has 17 heavy (non-hydrogen) atoms. The summed E-state index contributed by atoms with van der Waals surface area (Å²) in [6, 6.07) is 18.9. The first-order chi connectivity index (χ1) is 8.17. The van der Waals surface area contributed by atoms with E-state index in [0.717, 1.165) is 6.42 Å². The molecule has 1 saturated carbocycles. The van der Waals surface area contributed by atoms with Crippen molar-refractivity contribution in [2.75, 3.05) is 0 Å². The van der Waals surface area contributed by atoms with Gasteiger partial charge in [0, 0.05) is 5.92 Å². The lowest BCUT2D eigenvalue weighted by molar-refractivity contribution is 1.11. The van der Waals surface area contributed by atoms with Crippen LogP contribution < -0.4 is 0 Å². The Morgan fingerprint density at radius 3 is 1.88 bits per heavy atom. The van der Waals surface area contributed by atoms with Crippen LogP contribution in [-0.4, -0.2) is 4.33 Å². The van der Waals surface area contributed by atoms with Gasteiger partial charge >= 0.3 is 0 Å². The highest BCUT2D eigenvalue weighted by Gasteiger charge is 2.52. The van der Waals surface area contributed by atoms with Gasteiger partial charge in [-0.15, -0.1) is 23.2 Å². The van der Waals surface area contributed by atoms with Crippen LogP contribution in [0.3, 0.4) is 0 Å². The Labute approximate surface area is 111 Å². The van der Waals surface area contributed by atoms with E-state index in [1.165, 1.54) is 16.7 Å². The minimum atomic E-state index is -0.533. The summed E-state index contributed by atoms with van der Waals surface area (Å²) in [6.07, 6.45) is 0.862. The molecule has 0 radical (unpaired) electrons. The molecule has 0 heterocycles. The summed E-state index contributed by atoms with van der Waals surface area (Å²) in [6.45, 7) is 0. The Balaban J connectivity index is 1.87. The number of benzene rings is 2. The quantitative estimate of drug-likeness (QED) is 0.668. The van der Waals surface area contributed by atoms with E-state index in [1.54, 1.807) is 0 Å². The molecule has 0 bridgehead atoms. The van der Waals surface area contributed by atoms with E-state index in [-0.39, 0.29) is 0 Å². The minimum Gasteiger partial charge on any atom is -0.101 e. The first-order valence-electron chi connectivity index (χ1n) is 5.70. The van der Waals surface area contributed by atoms with Crippen molar-refractivity contribution in [1.29, 1.82) is 0 Å². The second kappa shape index (κ2) is 4.04. The maximum absolute atomic E-state index is 6.06. The number of hydrogen-bond acceptors (Lipinski definition) is 0. The second-order valence-electron chi connectivity index (χ2n) is 4.51. The molecule has 0 spiro atoms. The van der Waals surface area contributed by atoms with Gasteiger partial charge in [0.1, 0.15) is 4.33 Å². The molecule has 0 N–H and O–H groups in total. The van der Waals surface area contributed by atoms with E-state index in [9.17, 15) is 0 Å². The van der Waals surface area contributed by atoms with Crippen LogP contribution in [0.25, 0.3) is 11.1 Å². The molecule has 1 fully saturated rings. The molecule has 1 aliphatic carbocycles. The highest BCUT2D eigenvalue weighted by molar-refractivity contribution is 6.51. The van der Waals surface area contributed by atoms with E-state index < -0.39 is 4.33 Å². The van der Waals surface area contributed by atoms with Gasteiger partial charge < -0.3 is 0 Å². The molecule has 86 valence electrons. The van der Waals surface area contributed by atoms with Crippen LogP contribution in [0.4, 0.5) is 0 Å². The normalized spacial score (nSPS) is 21.2. The van der Waals surface area contributed by atoms with Crippen LogP contribution >= 0.6 is 23.2 Å². The van der Waals surface area contributed by atoms with E-state index in [1.807, 2.05) is 18.2 Å². The maximum atomic E-state index is 6.06. The molecule has 2 aromatic carbocycles. The van der Waals surface area contributed by atoms with Crippen molar-refractivity contribution in [3.8, 4) is 11.1 Å². The highest BCUT2D eigenvalue weighted by atomic mass is 35.5. The van der Waals surface area contributed by atoms with E-state index in [4.69, 9.17) is 23.2 Å². The zero-order chi connectivity index (χ0) is 11.9. The van der Waals surface area contributed by atoms with Gasteiger partial charge in [-0.05, 0) is 23.1 Å². The molecule has 2 aromatic rings. The van der Waals surface area contributed by atoms with Crippen LogP contribution in [0, 0.1) is 0 Å². The third-order valence-electron chi connectivity index (χ3n) is 3.25. The predicted molar refractivity (Wildman–Crippen MR) is 73.7 cm³/mol. The molecule has 0 amide bonds. The van der Waals surface area contributed by atoms with Crippen LogP contribution in [0.15, 0.2) is 54.6 Å². The molecule has 1 aliphatic rings. The predicted octanol–water partition coefficient (Wildman–Crippen LogP) is 5.01. The minimum absolute atomic E-state index is 0.302. The molecule has 0 saturated heterocycles. The van der Waals surface area contributed by atoms with Crippen molar-refractivity contribution in [3.63, 3.8) is 0 Å². The maximum Gasteiger partial charge on any atom is 0.125 e. The van der Waals surface area contributed by atoms with Crippen LogP contribution in [0.1, 0.15) is 17.9 Å². The lowest BCUT2D eigenvalue weighted by Gasteiger charge is -2.04. The van der Waals surface area contributed by atoms with Gasteiger partial charge in [-0.1, -0.05) is 54.6 Å². The molecule has 1 atom stereocenters. The van der Waals surface area contributed by atoms with Crippen molar-refractivity contribution < 1.29 is 0 Å². The van der Waals surface area contributed by atoms with Gasteiger partial charge in [0.05, 0.1) is 0 Å². The summed E-state index contributed by atoms with van der Waals surface area (Å²) in [7, 11) is 0. The zero-order valence-electron chi connectivity index (χ0n) is 9.24. The summed E-state index contributed by atoms with van der Waals surface area (Å²) in [5.41, 5.74) is 3.69. The van der Waals surface area contributed by atoms with Crippen LogP contribution in [0.5, 0.6) is 0 Å². The van der Waals surface area contributed by atoms with Crippen molar-refractivity contribution in [3.05, 3.63) is 60.2 Å². The number of alkyl halides is 2. The fourth-order valence-corrected chi connectivity index (χ4v) is 2.67. The SMILES string of the molecule is ClC1(Cl)CC1c1ccc(-c2ccccc2)cc1.